The highest BCUT2D eigenvalue weighted by molar-refractivity contribution is 5.85. The summed E-state index contributed by atoms with van der Waals surface area (Å²) in [4.78, 5) is 0. The van der Waals surface area contributed by atoms with E-state index in [1.165, 1.54) is 51.4 Å². The van der Waals surface area contributed by atoms with E-state index in [-0.39, 0.29) is 5.41 Å². The average molecular weight is 256 g/mol. The molecular weight excluding hydrogens is 224 g/mol. The van der Waals surface area contributed by atoms with Gasteiger partial charge in [0.25, 0.3) is 0 Å². The highest BCUT2D eigenvalue weighted by Gasteiger charge is 2.28. The molecule has 0 aromatic rings. The first kappa shape index (κ1) is 17.3. The predicted octanol–water partition coefficient (Wildman–Crippen LogP) is 4.68. The number of hydrogen-bond acceptors (Lipinski definition) is 2. The van der Waals surface area contributed by atoms with Crippen molar-refractivity contribution in [3.8, 4) is 0 Å². The van der Waals surface area contributed by atoms with E-state index < -0.39 is 0 Å². The largest absolute Gasteiger partial charge is 0.409 e. The molecule has 0 aliphatic rings. The van der Waals surface area contributed by atoms with Gasteiger partial charge in [0.2, 0.25) is 0 Å². The molecule has 0 aliphatic carbocycles. The maximum Gasteiger partial charge on any atom is 0.145 e. The molecule has 3 N–H and O–H groups in total. The minimum absolute atomic E-state index is 0.115. The minimum Gasteiger partial charge on any atom is -0.409 e. The van der Waals surface area contributed by atoms with Gasteiger partial charge in [0.15, 0.2) is 0 Å². The molecule has 3 nitrogen and oxygen atoms in total. The summed E-state index contributed by atoms with van der Waals surface area (Å²) >= 11 is 0. The molecule has 0 unspecified atom stereocenters. The fraction of sp³-hybridized carbons (Fsp3) is 0.933. The van der Waals surface area contributed by atoms with Gasteiger partial charge in [0, 0.05) is 5.41 Å². The quantitative estimate of drug-likeness (QED) is 0.185. The van der Waals surface area contributed by atoms with Crippen molar-refractivity contribution in [3.05, 3.63) is 0 Å². The maximum absolute atomic E-state index is 8.94. The Balaban J connectivity index is 4.17. The topological polar surface area (TPSA) is 58.6 Å². The Morgan fingerprint density at radius 2 is 1.39 bits per heavy atom. The number of nitrogens with zero attached hydrogens (tertiary/aromatic N) is 1. The zero-order valence-electron chi connectivity index (χ0n) is 12.5. The number of oxime groups is 1. The molecular formula is C15H32N2O. The van der Waals surface area contributed by atoms with Crippen molar-refractivity contribution in [1.82, 2.24) is 0 Å². The highest BCUT2D eigenvalue weighted by Crippen LogP contribution is 2.31. The van der Waals surface area contributed by atoms with Gasteiger partial charge in [-0.1, -0.05) is 77.3 Å². The molecule has 108 valence electrons. The second-order valence-electron chi connectivity index (χ2n) is 5.67. The van der Waals surface area contributed by atoms with E-state index in [2.05, 4.69) is 25.9 Å². The van der Waals surface area contributed by atoms with Crippen molar-refractivity contribution in [1.29, 1.82) is 0 Å². The zero-order valence-corrected chi connectivity index (χ0v) is 12.5. The summed E-state index contributed by atoms with van der Waals surface area (Å²) < 4.78 is 0. The third-order valence-electron chi connectivity index (χ3n) is 3.89. The molecule has 0 fully saturated rings. The van der Waals surface area contributed by atoms with Gasteiger partial charge in [0.1, 0.15) is 5.84 Å². The van der Waals surface area contributed by atoms with Crippen molar-refractivity contribution in [3.63, 3.8) is 0 Å². The molecule has 0 aliphatic heterocycles. The van der Waals surface area contributed by atoms with Crippen LogP contribution in [0, 0.1) is 5.41 Å². The molecule has 0 saturated carbocycles. The van der Waals surface area contributed by atoms with Crippen LogP contribution < -0.4 is 5.73 Å². The van der Waals surface area contributed by atoms with Crippen LogP contribution in [0.1, 0.15) is 85.0 Å². The summed E-state index contributed by atoms with van der Waals surface area (Å²) in [5, 5.41) is 12.2. The maximum atomic E-state index is 8.94. The summed E-state index contributed by atoms with van der Waals surface area (Å²) in [7, 11) is 0. The van der Waals surface area contributed by atoms with E-state index in [1.807, 2.05) is 0 Å². The first-order chi connectivity index (χ1) is 8.60. The monoisotopic (exact) mass is 256 g/mol. The Morgan fingerprint density at radius 1 is 0.944 bits per heavy atom. The molecule has 0 aromatic heterocycles. The zero-order chi connectivity index (χ0) is 13.9. The third kappa shape index (κ3) is 6.87. The normalized spacial score (nSPS) is 12.9. The first-order valence-corrected chi connectivity index (χ1v) is 7.58. The lowest BCUT2D eigenvalue weighted by atomic mass is 9.78. The molecule has 0 spiro atoms. The third-order valence-corrected chi connectivity index (χ3v) is 3.89. The first-order valence-electron chi connectivity index (χ1n) is 7.58. The highest BCUT2D eigenvalue weighted by atomic mass is 16.4. The van der Waals surface area contributed by atoms with Crippen LogP contribution in [0.4, 0.5) is 0 Å². The second-order valence-corrected chi connectivity index (χ2v) is 5.67. The fourth-order valence-electron chi connectivity index (χ4n) is 2.39. The predicted molar refractivity (Wildman–Crippen MR) is 79.0 cm³/mol. The Labute approximate surface area is 113 Å². The Morgan fingerprint density at radius 3 is 1.72 bits per heavy atom. The molecule has 0 rings (SSSR count). The van der Waals surface area contributed by atoms with Crippen LogP contribution in [0.2, 0.25) is 0 Å². The summed E-state index contributed by atoms with van der Waals surface area (Å²) in [6.45, 7) is 6.57. The van der Waals surface area contributed by atoms with E-state index in [9.17, 15) is 0 Å². The van der Waals surface area contributed by atoms with E-state index in [0.29, 0.717) is 5.84 Å². The fourth-order valence-corrected chi connectivity index (χ4v) is 2.39. The molecule has 0 amide bonds. The van der Waals surface area contributed by atoms with Gasteiger partial charge in [-0.05, 0) is 12.8 Å². The van der Waals surface area contributed by atoms with Crippen LogP contribution in [0.5, 0.6) is 0 Å². The van der Waals surface area contributed by atoms with Crippen molar-refractivity contribution in [2.75, 3.05) is 0 Å². The van der Waals surface area contributed by atoms with E-state index in [1.54, 1.807) is 0 Å². The Bertz CT molecular complexity index is 215. The van der Waals surface area contributed by atoms with Crippen molar-refractivity contribution < 1.29 is 5.21 Å². The van der Waals surface area contributed by atoms with E-state index in [0.717, 1.165) is 12.8 Å². The lowest BCUT2D eigenvalue weighted by molar-refractivity contribution is 0.290. The average Bonchev–Trinajstić information content (AvgIpc) is 2.39. The standard InChI is InChI=1S/C15H32N2O/c1-4-6-8-10-12-15(3,14(16)17-18)13-11-9-7-5-2/h18H,4-13H2,1-3H3,(H2,16,17). The molecule has 0 aromatic carbocycles. The molecule has 3 heteroatoms. The molecule has 0 radical (unpaired) electrons. The summed E-state index contributed by atoms with van der Waals surface area (Å²) in [5.74, 6) is 0.412. The van der Waals surface area contributed by atoms with Gasteiger partial charge in [-0.3, -0.25) is 0 Å². The second kappa shape index (κ2) is 10.2. The van der Waals surface area contributed by atoms with Gasteiger partial charge in [0.05, 0.1) is 0 Å². The van der Waals surface area contributed by atoms with E-state index in [4.69, 9.17) is 10.9 Å². The number of rotatable bonds is 11. The van der Waals surface area contributed by atoms with Crippen LogP contribution in [-0.4, -0.2) is 11.0 Å². The molecule has 0 atom stereocenters. The summed E-state index contributed by atoms with van der Waals surface area (Å²) in [5.41, 5.74) is 5.77. The number of nitrogens with two attached hydrogens (primary N) is 1. The SMILES string of the molecule is CCCCCCC(C)(CCCCCC)C(N)=NO. The van der Waals surface area contributed by atoms with Gasteiger partial charge in [-0.2, -0.15) is 0 Å². The smallest absolute Gasteiger partial charge is 0.145 e. The lowest BCUT2D eigenvalue weighted by Crippen LogP contribution is -2.34. The molecule has 18 heavy (non-hydrogen) atoms. The number of amidine groups is 1. The van der Waals surface area contributed by atoms with Gasteiger partial charge < -0.3 is 10.9 Å². The van der Waals surface area contributed by atoms with Gasteiger partial charge >= 0.3 is 0 Å². The molecule has 0 saturated heterocycles. The lowest BCUT2D eigenvalue weighted by Gasteiger charge is -2.28. The van der Waals surface area contributed by atoms with Crippen LogP contribution >= 0.6 is 0 Å². The molecule has 0 heterocycles. The van der Waals surface area contributed by atoms with Crippen molar-refractivity contribution in [2.24, 2.45) is 16.3 Å². The minimum atomic E-state index is -0.115. The van der Waals surface area contributed by atoms with Crippen LogP contribution in [0.3, 0.4) is 0 Å². The van der Waals surface area contributed by atoms with Crippen LogP contribution in [-0.2, 0) is 0 Å². The van der Waals surface area contributed by atoms with Gasteiger partial charge in [-0.15, -0.1) is 0 Å². The summed E-state index contributed by atoms with van der Waals surface area (Å²) in [6.07, 6.45) is 12.0. The number of unbranched alkanes of at least 4 members (excludes halogenated alkanes) is 6. The summed E-state index contributed by atoms with van der Waals surface area (Å²) in [6, 6.07) is 0. The van der Waals surface area contributed by atoms with E-state index >= 15 is 0 Å². The van der Waals surface area contributed by atoms with Gasteiger partial charge in [-0.25, -0.2) is 0 Å². The number of hydrogen-bond donors (Lipinski definition) is 2. The van der Waals surface area contributed by atoms with Crippen molar-refractivity contribution in [2.45, 2.75) is 85.0 Å². The van der Waals surface area contributed by atoms with Crippen LogP contribution in [0.25, 0.3) is 0 Å². The molecule has 0 bridgehead atoms. The Hall–Kier alpha value is -0.730. The van der Waals surface area contributed by atoms with Crippen molar-refractivity contribution >= 4 is 5.84 Å². The van der Waals surface area contributed by atoms with Crippen LogP contribution in [0.15, 0.2) is 5.16 Å². The Kier molecular flexibility index (Phi) is 9.80.